The van der Waals surface area contributed by atoms with Crippen LogP contribution in [0.2, 0.25) is 0 Å². The largest absolute Gasteiger partial charge is 0.383 e. The highest BCUT2D eigenvalue weighted by Crippen LogP contribution is 2.19. The summed E-state index contributed by atoms with van der Waals surface area (Å²) in [5.74, 6) is -0.320. The fourth-order valence-electron chi connectivity index (χ4n) is 1.48. The van der Waals surface area contributed by atoms with Crippen molar-refractivity contribution in [1.29, 1.82) is 0 Å². The van der Waals surface area contributed by atoms with E-state index in [0.29, 0.717) is 13.2 Å². The first kappa shape index (κ1) is 16.6. The van der Waals surface area contributed by atoms with E-state index < -0.39 is 10.0 Å². The minimum absolute atomic E-state index is 0.0349. The molecule has 0 spiro atoms. The number of amides is 1. The van der Waals surface area contributed by atoms with Gasteiger partial charge in [0.05, 0.1) is 18.8 Å². The van der Waals surface area contributed by atoms with E-state index in [4.69, 9.17) is 4.74 Å². The van der Waals surface area contributed by atoms with E-state index in [9.17, 15) is 13.2 Å². The van der Waals surface area contributed by atoms with Crippen molar-refractivity contribution in [2.24, 2.45) is 0 Å². The molecule has 0 bridgehead atoms. The van der Waals surface area contributed by atoms with Crippen molar-refractivity contribution in [3.8, 4) is 0 Å². The Morgan fingerprint density at radius 1 is 1.30 bits per heavy atom. The molecule has 1 aromatic carbocycles. The third kappa shape index (κ3) is 4.89. The Morgan fingerprint density at radius 3 is 2.65 bits per heavy atom. The van der Waals surface area contributed by atoms with Gasteiger partial charge in [0.25, 0.3) is 0 Å². The molecule has 0 aliphatic heterocycles. The fourth-order valence-corrected chi connectivity index (χ4v) is 2.37. The molecule has 7 nitrogen and oxygen atoms in total. The second-order valence-electron chi connectivity index (χ2n) is 3.92. The lowest BCUT2D eigenvalue weighted by molar-refractivity contribution is -0.115. The predicted molar refractivity (Wildman–Crippen MR) is 76.1 cm³/mol. The summed E-state index contributed by atoms with van der Waals surface area (Å²) in [6, 6.07) is 6.22. The van der Waals surface area contributed by atoms with Gasteiger partial charge in [0, 0.05) is 13.7 Å². The Kier molecular flexibility index (Phi) is 6.59. The number of benzene rings is 1. The molecule has 1 amide bonds. The van der Waals surface area contributed by atoms with Crippen molar-refractivity contribution in [1.82, 2.24) is 10.0 Å². The van der Waals surface area contributed by atoms with E-state index in [1.165, 1.54) is 19.2 Å². The molecule has 0 saturated carbocycles. The van der Waals surface area contributed by atoms with E-state index >= 15 is 0 Å². The number of hydrogen-bond acceptors (Lipinski definition) is 5. The van der Waals surface area contributed by atoms with Crippen molar-refractivity contribution in [3.05, 3.63) is 24.3 Å². The number of para-hydroxylation sites is 1. The molecule has 0 fully saturated rings. The quantitative estimate of drug-likeness (QED) is 0.576. The second kappa shape index (κ2) is 7.95. The average molecular weight is 301 g/mol. The van der Waals surface area contributed by atoms with Crippen molar-refractivity contribution in [2.45, 2.75) is 4.90 Å². The zero-order valence-corrected chi connectivity index (χ0v) is 12.3. The predicted octanol–water partition coefficient (Wildman–Crippen LogP) is -0.231. The van der Waals surface area contributed by atoms with Gasteiger partial charge < -0.3 is 15.4 Å². The summed E-state index contributed by atoms with van der Waals surface area (Å²) in [5.41, 5.74) is 0.250. The van der Waals surface area contributed by atoms with Crippen LogP contribution in [-0.2, 0) is 19.6 Å². The SMILES string of the molecule is CNS(=O)(=O)c1ccccc1NC(=O)CNCCOC. The molecule has 1 aromatic rings. The number of anilines is 1. The number of nitrogens with one attached hydrogen (secondary N) is 3. The molecule has 0 unspecified atom stereocenters. The normalized spacial score (nSPS) is 11.3. The standard InChI is InChI=1S/C12H19N3O4S/c1-13-20(17,18)11-6-4-3-5-10(11)15-12(16)9-14-7-8-19-2/h3-6,13-14H,7-9H2,1-2H3,(H,15,16). The number of sulfonamides is 1. The van der Waals surface area contributed by atoms with Gasteiger partial charge in [-0.15, -0.1) is 0 Å². The maximum Gasteiger partial charge on any atom is 0.242 e. The Bertz CT molecular complexity index is 545. The van der Waals surface area contributed by atoms with Gasteiger partial charge in [-0.1, -0.05) is 12.1 Å². The lowest BCUT2D eigenvalue weighted by Crippen LogP contribution is -2.31. The summed E-state index contributed by atoms with van der Waals surface area (Å²) in [6.45, 7) is 1.12. The first-order valence-electron chi connectivity index (χ1n) is 6.03. The van der Waals surface area contributed by atoms with Gasteiger partial charge >= 0.3 is 0 Å². The maximum atomic E-state index is 11.8. The molecule has 0 heterocycles. The van der Waals surface area contributed by atoms with Crippen LogP contribution in [0.15, 0.2) is 29.2 Å². The van der Waals surface area contributed by atoms with Crippen LogP contribution >= 0.6 is 0 Å². The van der Waals surface area contributed by atoms with E-state index in [1.807, 2.05) is 0 Å². The maximum absolute atomic E-state index is 11.8. The van der Waals surface area contributed by atoms with Crippen LogP contribution in [0.25, 0.3) is 0 Å². The number of rotatable bonds is 8. The van der Waals surface area contributed by atoms with Crippen LogP contribution < -0.4 is 15.4 Å². The Labute approximate surface area is 118 Å². The third-order valence-electron chi connectivity index (χ3n) is 2.49. The molecule has 0 aromatic heterocycles. The molecule has 0 aliphatic carbocycles. The summed E-state index contributed by atoms with van der Waals surface area (Å²) in [6.07, 6.45) is 0. The lowest BCUT2D eigenvalue weighted by atomic mass is 10.3. The van der Waals surface area contributed by atoms with Crippen molar-refractivity contribution in [2.75, 3.05) is 39.2 Å². The molecule has 1 rings (SSSR count). The molecular weight excluding hydrogens is 282 g/mol. The minimum Gasteiger partial charge on any atom is -0.383 e. The van der Waals surface area contributed by atoms with E-state index in [0.717, 1.165) is 0 Å². The molecule has 3 N–H and O–H groups in total. The summed E-state index contributed by atoms with van der Waals surface area (Å²) in [7, 11) is -0.719. The molecular formula is C12H19N3O4S. The topological polar surface area (TPSA) is 96.5 Å². The Morgan fingerprint density at radius 2 is 2.00 bits per heavy atom. The second-order valence-corrected chi connectivity index (χ2v) is 5.78. The monoisotopic (exact) mass is 301 g/mol. The van der Waals surface area contributed by atoms with Gasteiger partial charge in [0.2, 0.25) is 15.9 Å². The molecule has 0 aliphatic rings. The molecule has 0 saturated heterocycles. The molecule has 0 radical (unpaired) electrons. The number of carbonyl (C=O) groups is 1. The Hall–Kier alpha value is -1.48. The number of methoxy groups -OCH3 is 1. The van der Waals surface area contributed by atoms with Crippen LogP contribution in [0, 0.1) is 0 Å². The first-order valence-corrected chi connectivity index (χ1v) is 7.51. The number of ether oxygens (including phenoxy) is 1. The number of carbonyl (C=O) groups excluding carboxylic acids is 1. The first-order chi connectivity index (χ1) is 9.51. The van der Waals surface area contributed by atoms with Crippen molar-refractivity contribution >= 4 is 21.6 Å². The smallest absolute Gasteiger partial charge is 0.242 e. The van der Waals surface area contributed by atoms with Gasteiger partial charge in [-0.05, 0) is 19.2 Å². The average Bonchev–Trinajstić information content (AvgIpc) is 2.44. The highest BCUT2D eigenvalue weighted by molar-refractivity contribution is 7.89. The van der Waals surface area contributed by atoms with Gasteiger partial charge in [0.15, 0.2) is 0 Å². The van der Waals surface area contributed by atoms with Crippen molar-refractivity contribution in [3.63, 3.8) is 0 Å². The van der Waals surface area contributed by atoms with Gasteiger partial charge in [-0.25, -0.2) is 13.1 Å². The highest BCUT2D eigenvalue weighted by Gasteiger charge is 2.17. The summed E-state index contributed by atoms with van der Waals surface area (Å²) < 4.78 is 30.7. The van der Waals surface area contributed by atoms with Crippen LogP contribution in [0.4, 0.5) is 5.69 Å². The van der Waals surface area contributed by atoms with Gasteiger partial charge in [0.1, 0.15) is 4.90 Å². The van der Waals surface area contributed by atoms with Crippen LogP contribution in [-0.4, -0.2) is 48.2 Å². The van der Waals surface area contributed by atoms with E-state index in [-0.39, 0.29) is 23.0 Å². The van der Waals surface area contributed by atoms with Crippen molar-refractivity contribution < 1.29 is 17.9 Å². The summed E-state index contributed by atoms with van der Waals surface area (Å²) >= 11 is 0. The molecule has 112 valence electrons. The molecule has 8 heteroatoms. The van der Waals surface area contributed by atoms with E-state index in [1.54, 1.807) is 19.2 Å². The highest BCUT2D eigenvalue weighted by atomic mass is 32.2. The van der Waals surface area contributed by atoms with E-state index in [2.05, 4.69) is 15.4 Å². The zero-order valence-electron chi connectivity index (χ0n) is 11.5. The minimum atomic E-state index is -3.61. The fraction of sp³-hybridized carbons (Fsp3) is 0.417. The van der Waals surface area contributed by atoms with Gasteiger partial charge in [-0.2, -0.15) is 0 Å². The summed E-state index contributed by atoms with van der Waals surface area (Å²) in [5, 5.41) is 5.44. The third-order valence-corrected chi connectivity index (χ3v) is 3.96. The van der Waals surface area contributed by atoms with Gasteiger partial charge in [-0.3, -0.25) is 4.79 Å². The zero-order chi connectivity index (χ0) is 15.0. The number of hydrogen-bond donors (Lipinski definition) is 3. The molecule has 0 atom stereocenters. The van der Waals surface area contributed by atoms with Crippen LogP contribution in [0.1, 0.15) is 0 Å². The Balaban J connectivity index is 2.71. The summed E-state index contributed by atoms with van der Waals surface area (Å²) in [4.78, 5) is 11.7. The molecule has 20 heavy (non-hydrogen) atoms. The van der Waals surface area contributed by atoms with Crippen LogP contribution in [0.5, 0.6) is 0 Å². The lowest BCUT2D eigenvalue weighted by Gasteiger charge is -2.11. The van der Waals surface area contributed by atoms with Crippen LogP contribution in [0.3, 0.4) is 0 Å².